The van der Waals surface area contributed by atoms with Gasteiger partial charge in [0, 0.05) is 44.2 Å². The minimum atomic E-state index is -3.52. The predicted octanol–water partition coefficient (Wildman–Crippen LogP) is 0.435. The molecule has 1 aliphatic heterocycles. The molecule has 0 fully saturated rings. The monoisotopic (exact) mass is 334 g/mol. The second kappa shape index (κ2) is 5.86. The van der Waals surface area contributed by atoms with E-state index in [0.29, 0.717) is 30.8 Å². The highest BCUT2D eigenvalue weighted by Gasteiger charge is 2.23. The lowest BCUT2D eigenvalue weighted by Gasteiger charge is -2.27. The zero-order valence-electron chi connectivity index (χ0n) is 13.0. The van der Waals surface area contributed by atoms with Gasteiger partial charge in [-0.15, -0.1) is 0 Å². The van der Waals surface area contributed by atoms with E-state index in [1.807, 2.05) is 19.1 Å². The first kappa shape index (κ1) is 15.8. The Balaban J connectivity index is 1.87. The van der Waals surface area contributed by atoms with E-state index in [4.69, 9.17) is 0 Å². The summed E-state index contributed by atoms with van der Waals surface area (Å²) in [7, 11) is -3.52. The molecule has 0 aliphatic carbocycles. The van der Waals surface area contributed by atoms with E-state index in [1.54, 1.807) is 6.20 Å². The Morgan fingerprint density at radius 1 is 1.39 bits per heavy atom. The summed E-state index contributed by atoms with van der Waals surface area (Å²) in [6.07, 6.45) is 3.35. The summed E-state index contributed by atoms with van der Waals surface area (Å²) < 4.78 is 23.1. The third-order valence-electron chi connectivity index (χ3n) is 3.99. The third-order valence-corrected chi connectivity index (χ3v) is 4.88. The van der Waals surface area contributed by atoms with Gasteiger partial charge >= 0.3 is 0 Å². The molecule has 0 aromatic carbocycles. The molecule has 0 saturated heterocycles. The Morgan fingerprint density at radius 2 is 2.17 bits per heavy atom. The van der Waals surface area contributed by atoms with Crippen LogP contribution < -0.4 is 5.56 Å². The van der Waals surface area contributed by atoms with E-state index < -0.39 is 9.84 Å². The number of aromatic nitrogens is 3. The molecule has 8 heteroatoms. The van der Waals surface area contributed by atoms with Gasteiger partial charge in [0.05, 0.1) is 11.3 Å². The molecule has 0 spiro atoms. The molecule has 0 amide bonds. The number of aromatic amines is 1. The van der Waals surface area contributed by atoms with E-state index in [2.05, 4.69) is 19.9 Å². The van der Waals surface area contributed by atoms with Crippen LogP contribution in [0.5, 0.6) is 0 Å². The molecule has 0 unspecified atom stereocenters. The fourth-order valence-electron chi connectivity index (χ4n) is 2.69. The first-order chi connectivity index (χ1) is 10.8. The smallest absolute Gasteiger partial charge is 0.256 e. The lowest BCUT2D eigenvalue weighted by atomic mass is 10.1. The van der Waals surface area contributed by atoms with E-state index in [-0.39, 0.29) is 10.7 Å². The minimum Gasteiger partial charge on any atom is -0.297 e. The molecule has 0 bridgehead atoms. The van der Waals surface area contributed by atoms with Gasteiger partial charge in [-0.05, 0) is 18.6 Å². The SMILES string of the molecule is Cc1ncccc1CN1CCc2nc(S(C)(=O)=O)[nH]c(=O)c2C1. The van der Waals surface area contributed by atoms with Crippen LogP contribution >= 0.6 is 0 Å². The van der Waals surface area contributed by atoms with Gasteiger partial charge in [0.1, 0.15) is 0 Å². The second-order valence-corrected chi connectivity index (χ2v) is 7.71. The predicted molar refractivity (Wildman–Crippen MR) is 84.8 cm³/mol. The Hall–Kier alpha value is -2.06. The summed E-state index contributed by atoms with van der Waals surface area (Å²) in [5.74, 6) is 0. The molecule has 3 rings (SSSR count). The average molecular weight is 334 g/mol. The quantitative estimate of drug-likeness (QED) is 0.818. The lowest BCUT2D eigenvalue weighted by molar-refractivity contribution is 0.240. The number of hydrogen-bond acceptors (Lipinski definition) is 6. The van der Waals surface area contributed by atoms with E-state index in [1.165, 1.54) is 0 Å². The second-order valence-electron chi connectivity index (χ2n) is 5.78. The van der Waals surface area contributed by atoms with E-state index >= 15 is 0 Å². The number of nitrogens with zero attached hydrogens (tertiary/aromatic N) is 3. The van der Waals surface area contributed by atoms with Crippen LogP contribution in [0.3, 0.4) is 0 Å². The van der Waals surface area contributed by atoms with Crippen LogP contribution in [0.2, 0.25) is 0 Å². The van der Waals surface area contributed by atoms with Crippen LogP contribution in [0.25, 0.3) is 0 Å². The van der Waals surface area contributed by atoms with Gasteiger partial charge in [0.25, 0.3) is 5.56 Å². The van der Waals surface area contributed by atoms with Crippen molar-refractivity contribution in [3.05, 3.63) is 51.2 Å². The summed E-state index contributed by atoms with van der Waals surface area (Å²) in [6, 6.07) is 3.92. The summed E-state index contributed by atoms with van der Waals surface area (Å²) in [6.45, 7) is 3.84. The van der Waals surface area contributed by atoms with Crippen LogP contribution in [0.15, 0.2) is 28.3 Å². The van der Waals surface area contributed by atoms with Gasteiger partial charge in [0.2, 0.25) is 15.0 Å². The molecule has 1 aliphatic rings. The fraction of sp³-hybridized carbons (Fsp3) is 0.400. The first-order valence-corrected chi connectivity index (χ1v) is 9.18. The molecular weight excluding hydrogens is 316 g/mol. The summed E-state index contributed by atoms with van der Waals surface area (Å²) in [4.78, 5) is 25.1. The molecule has 0 radical (unpaired) electrons. The van der Waals surface area contributed by atoms with Crippen molar-refractivity contribution in [2.24, 2.45) is 0 Å². The van der Waals surface area contributed by atoms with Crippen LogP contribution in [0.1, 0.15) is 22.5 Å². The first-order valence-electron chi connectivity index (χ1n) is 7.29. The number of nitrogens with one attached hydrogen (secondary N) is 1. The van der Waals surface area contributed by atoms with Crippen LogP contribution in [0, 0.1) is 6.92 Å². The molecule has 2 aromatic rings. The van der Waals surface area contributed by atoms with Crippen molar-refractivity contribution >= 4 is 9.84 Å². The molecule has 0 atom stereocenters. The fourth-order valence-corrected chi connectivity index (χ4v) is 3.25. The Bertz CT molecular complexity index is 905. The molecule has 3 heterocycles. The summed E-state index contributed by atoms with van der Waals surface area (Å²) >= 11 is 0. The lowest BCUT2D eigenvalue weighted by Crippen LogP contribution is -2.36. The molecule has 122 valence electrons. The topological polar surface area (TPSA) is 96.0 Å². The standard InChI is InChI=1S/C15H18N4O3S/c1-10-11(4-3-6-16-10)8-19-7-5-13-12(9-19)14(20)18-15(17-13)23(2,21)22/h3-4,6H,5,7-9H2,1-2H3,(H,17,18,20). The van der Waals surface area contributed by atoms with Crippen molar-refractivity contribution in [2.75, 3.05) is 12.8 Å². The number of rotatable bonds is 3. The molecule has 0 saturated carbocycles. The number of hydrogen-bond donors (Lipinski definition) is 1. The van der Waals surface area contributed by atoms with Gasteiger partial charge < -0.3 is 0 Å². The number of H-pyrrole nitrogens is 1. The Morgan fingerprint density at radius 3 is 2.87 bits per heavy atom. The van der Waals surface area contributed by atoms with Crippen molar-refractivity contribution in [3.63, 3.8) is 0 Å². The molecule has 23 heavy (non-hydrogen) atoms. The Labute approximate surface area is 134 Å². The highest BCUT2D eigenvalue weighted by atomic mass is 32.2. The number of sulfone groups is 1. The summed E-state index contributed by atoms with van der Waals surface area (Å²) in [5, 5.41) is -0.252. The maximum absolute atomic E-state index is 12.2. The van der Waals surface area contributed by atoms with Crippen molar-refractivity contribution in [2.45, 2.75) is 31.6 Å². The van der Waals surface area contributed by atoms with Crippen LogP contribution in [0.4, 0.5) is 0 Å². The maximum Gasteiger partial charge on any atom is 0.256 e. The van der Waals surface area contributed by atoms with E-state index in [0.717, 1.165) is 24.1 Å². The van der Waals surface area contributed by atoms with Gasteiger partial charge in [-0.1, -0.05) is 6.07 Å². The zero-order chi connectivity index (χ0) is 16.6. The van der Waals surface area contributed by atoms with Gasteiger partial charge in [0.15, 0.2) is 0 Å². The van der Waals surface area contributed by atoms with Crippen molar-refractivity contribution < 1.29 is 8.42 Å². The van der Waals surface area contributed by atoms with Gasteiger partial charge in [-0.3, -0.25) is 19.7 Å². The van der Waals surface area contributed by atoms with Crippen molar-refractivity contribution in [3.8, 4) is 0 Å². The average Bonchev–Trinajstić information content (AvgIpc) is 2.49. The number of pyridine rings is 1. The Kier molecular flexibility index (Phi) is 4.03. The van der Waals surface area contributed by atoms with Crippen LogP contribution in [-0.4, -0.2) is 41.1 Å². The van der Waals surface area contributed by atoms with E-state index in [9.17, 15) is 13.2 Å². The van der Waals surface area contributed by atoms with Crippen molar-refractivity contribution in [1.82, 2.24) is 19.9 Å². The molecular formula is C15H18N4O3S. The van der Waals surface area contributed by atoms with Crippen LogP contribution in [-0.2, 0) is 29.3 Å². The normalized spacial score (nSPS) is 15.4. The van der Waals surface area contributed by atoms with Gasteiger partial charge in [-0.25, -0.2) is 13.4 Å². The molecule has 1 N–H and O–H groups in total. The minimum absolute atomic E-state index is 0.252. The molecule has 2 aromatic heterocycles. The summed E-state index contributed by atoms with van der Waals surface area (Å²) in [5.41, 5.74) is 2.84. The maximum atomic E-state index is 12.2. The van der Waals surface area contributed by atoms with Gasteiger partial charge in [-0.2, -0.15) is 0 Å². The molecule has 7 nitrogen and oxygen atoms in total. The largest absolute Gasteiger partial charge is 0.297 e. The zero-order valence-corrected chi connectivity index (χ0v) is 13.9. The number of fused-ring (bicyclic) bond motifs is 1. The third kappa shape index (κ3) is 3.32. The number of aryl methyl sites for hydroxylation is 1. The highest BCUT2D eigenvalue weighted by molar-refractivity contribution is 7.90. The highest BCUT2D eigenvalue weighted by Crippen LogP contribution is 2.18. The van der Waals surface area contributed by atoms with Crippen molar-refractivity contribution in [1.29, 1.82) is 0 Å².